The number of fused-ring (bicyclic) bond motifs is 10. The van der Waals surface area contributed by atoms with Crippen molar-refractivity contribution in [2.45, 2.75) is 65.7 Å². The number of hydrogen-bond donors (Lipinski definition) is 0. The van der Waals surface area contributed by atoms with Gasteiger partial charge < -0.3 is 0 Å². The molecule has 10 aliphatic rings. The minimum atomic E-state index is -3.73. The van der Waals surface area contributed by atoms with E-state index >= 15 is 0 Å². The van der Waals surface area contributed by atoms with Crippen LogP contribution in [0.1, 0.15) is 0 Å². The molecule has 3 heteroatoms. The third kappa shape index (κ3) is 0.238. The van der Waals surface area contributed by atoms with Gasteiger partial charge in [0.25, 0.3) is 0 Å². The molecule has 10 heterocycles. The van der Waals surface area contributed by atoms with Gasteiger partial charge in [0.15, 0.2) is 0 Å². The fourth-order valence-corrected chi connectivity index (χ4v) is 142. The van der Waals surface area contributed by atoms with E-state index in [1.807, 2.05) is 0 Å². The van der Waals surface area contributed by atoms with Gasteiger partial charge in [0.2, 0.25) is 0 Å². The minimum absolute atomic E-state index is 0.232. The Kier molecular flexibility index (Phi) is 0.856. The van der Waals surface area contributed by atoms with Gasteiger partial charge >= 0.3 is 172 Å². The van der Waals surface area contributed by atoms with E-state index in [9.17, 15) is 0 Å². The molecule has 0 radical (unpaired) electrons. The fraction of sp³-hybridized carbons (Fsp3) is 0.481. The molecule has 0 bridgehead atoms. The van der Waals surface area contributed by atoms with E-state index in [1.165, 1.54) is 33.7 Å². The van der Waals surface area contributed by atoms with Crippen LogP contribution in [0.5, 0.6) is 0 Å². The summed E-state index contributed by atoms with van der Waals surface area (Å²) in [7, 11) is -1.58. The van der Waals surface area contributed by atoms with Crippen molar-refractivity contribution in [2.24, 2.45) is 0 Å². The Morgan fingerprint density at radius 3 is 1.60 bits per heavy atom. The van der Waals surface area contributed by atoms with Crippen molar-refractivity contribution in [3.05, 3.63) is 73.3 Å². The molecule has 0 nitrogen and oxygen atoms in total. The summed E-state index contributed by atoms with van der Waals surface area (Å²) in [6, 6.07) is 23.9. The molecule has 0 amide bonds. The van der Waals surface area contributed by atoms with Crippen LogP contribution >= 0.6 is 7.92 Å². The molecule has 0 N–H and O–H groups in total. The normalized spacial score (nSPS) is 78.1. The van der Waals surface area contributed by atoms with Gasteiger partial charge in [-0.05, 0) is 0 Å². The van der Waals surface area contributed by atoms with Gasteiger partial charge in [-0.25, -0.2) is 0 Å². The SMILES string of the molecule is C=C[C]12[CH]3[CH]4[C]5(P(c6ccccc6)c6ccccc6)[C]1([Si](C)(C)C)[Fe]34251678[CH]2[CH]1[CH]6[CH]7[CH]28. The second kappa shape index (κ2) is 1.77. The molecule has 10 saturated heterocycles. The van der Waals surface area contributed by atoms with E-state index < -0.39 is 14.6 Å². The molecule has 0 aromatic heterocycles. The van der Waals surface area contributed by atoms with Crippen LogP contribution in [0.15, 0.2) is 73.3 Å². The monoisotopic (exact) mass is 468 g/mol. The molecule has 10 fully saturated rings. The van der Waals surface area contributed by atoms with Crippen LogP contribution in [0.4, 0.5) is 0 Å². The molecule has 0 aliphatic carbocycles. The molecular weight excluding hydrogens is 439 g/mol. The maximum absolute atomic E-state index is 4.71. The molecule has 154 valence electrons. The molecule has 5 unspecified atom stereocenters. The van der Waals surface area contributed by atoms with Gasteiger partial charge in [-0.2, -0.15) is 0 Å². The third-order valence-corrected chi connectivity index (χ3v) is 78.4. The van der Waals surface area contributed by atoms with Gasteiger partial charge in [-0.3, -0.25) is 0 Å². The Labute approximate surface area is 171 Å². The van der Waals surface area contributed by atoms with Gasteiger partial charge in [0, 0.05) is 0 Å². The van der Waals surface area contributed by atoms with E-state index in [2.05, 4.69) is 86.4 Å². The Balaban J connectivity index is 1.34. The van der Waals surface area contributed by atoms with Crippen molar-refractivity contribution in [1.29, 1.82) is 0 Å². The van der Waals surface area contributed by atoms with Gasteiger partial charge in [-0.1, -0.05) is 0 Å². The molecular formula is C27H29FePSi. The Bertz CT molecular complexity index is 1660. The third-order valence-electron chi connectivity index (χ3n) is 18.7. The predicted octanol–water partition coefficient (Wildman–Crippen LogP) is 7.22. The van der Waals surface area contributed by atoms with Gasteiger partial charge in [-0.15, -0.1) is 0 Å². The van der Waals surface area contributed by atoms with Crippen LogP contribution < -0.4 is 10.6 Å². The average molecular weight is 468 g/mol. The van der Waals surface area contributed by atoms with Crippen molar-refractivity contribution < 1.29 is 6.51 Å². The van der Waals surface area contributed by atoms with Crippen LogP contribution in [0.25, 0.3) is 0 Å². The van der Waals surface area contributed by atoms with E-state index in [1.54, 1.807) is 10.6 Å². The van der Waals surface area contributed by atoms with E-state index in [0.29, 0.717) is 0 Å². The van der Waals surface area contributed by atoms with Crippen molar-refractivity contribution >= 4 is 26.6 Å². The Morgan fingerprint density at radius 2 is 1.27 bits per heavy atom. The predicted molar refractivity (Wildman–Crippen MR) is 127 cm³/mol. The Hall–Kier alpha value is -0.654. The first kappa shape index (κ1) is 14.5. The fourth-order valence-electron chi connectivity index (χ4n) is 22.2. The molecule has 1 spiro atoms. The summed E-state index contributed by atoms with van der Waals surface area (Å²) < 4.78 is 2.43. The molecule has 30 heavy (non-hydrogen) atoms. The summed E-state index contributed by atoms with van der Waals surface area (Å²) in [4.78, 5) is 9.07. The molecule has 2 aromatic rings. The van der Waals surface area contributed by atoms with Crippen molar-refractivity contribution in [3.63, 3.8) is 0 Å². The van der Waals surface area contributed by atoms with E-state index in [0.717, 1.165) is 12.3 Å². The molecule has 0 saturated carbocycles. The van der Waals surface area contributed by atoms with Crippen molar-refractivity contribution in [3.8, 4) is 0 Å². The van der Waals surface area contributed by atoms with Gasteiger partial charge in [0.05, 0.1) is 0 Å². The topological polar surface area (TPSA) is 0 Å². The average Bonchev–Trinajstić information content (AvgIpc) is 3.69. The summed E-state index contributed by atoms with van der Waals surface area (Å²) in [5.41, 5.74) is 0. The maximum atomic E-state index is 4.71. The van der Waals surface area contributed by atoms with Crippen LogP contribution in [-0.4, -0.2) is 12.1 Å². The standard InChI is InChI=1S/C22H24PSi.C5H5.Fe/c1-5-18-16-17-21(22(18)24(2,3)4)23(19-12-8-6-9-13-19)20-14-10-7-11-15-20;1-2-4-5-3-1;/h5-17H,1H2,2-4H3;1-5H;. The van der Waals surface area contributed by atoms with Crippen molar-refractivity contribution in [2.75, 3.05) is 0 Å². The molecule has 10 aliphatic heterocycles. The van der Waals surface area contributed by atoms with Crippen LogP contribution in [0.2, 0.25) is 61.6 Å². The van der Waals surface area contributed by atoms with E-state index in [-0.39, 0.29) is 7.92 Å². The Morgan fingerprint density at radius 1 is 0.800 bits per heavy atom. The number of allylic oxidation sites excluding steroid dienone is 1. The summed E-state index contributed by atoms with van der Waals surface area (Å²) in [6.45, 7) is 9.46. The zero-order valence-corrected chi connectivity index (χ0v) is 20.9. The second-order valence-electron chi connectivity index (χ2n) is 15.3. The summed E-state index contributed by atoms with van der Waals surface area (Å²) in [6.07, 6.45) is 2.72. The first-order valence-electron chi connectivity index (χ1n) is 12.0. The first-order valence-corrected chi connectivity index (χ1v) is 22.9. The zero-order chi connectivity index (χ0) is 19.9. The summed E-state index contributed by atoms with van der Waals surface area (Å²) >= 11 is 0. The zero-order valence-electron chi connectivity index (χ0n) is 17.9. The first-order chi connectivity index (χ1) is 14.2. The van der Waals surface area contributed by atoms with Gasteiger partial charge in [0.1, 0.15) is 0 Å². The van der Waals surface area contributed by atoms with E-state index in [4.69, 9.17) is 6.58 Å². The van der Waals surface area contributed by atoms with Crippen LogP contribution in [-0.2, 0) is 6.51 Å². The summed E-state index contributed by atoms with van der Waals surface area (Å²) in [5, 5.41) is 3.45. The van der Waals surface area contributed by atoms with Crippen LogP contribution in [0, 0.1) is 0 Å². The molecule has 12 rings (SSSR count). The van der Waals surface area contributed by atoms with Crippen LogP contribution in [0.3, 0.4) is 0 Å². The molecule has 5 atom stereocenters. The summed E-state index contributed by atoms with van der Waals surface area (Å²) in [5.74, 6) is 0. The number of rotatable bonds is 5. The number of benzene rings is 2. The van der Waals surface area contributed by atoms with Crippen molar-refractivity contribution in [1.82, 2.24) is 0 Å². The second-order valence-corrected chi connectivity index (χ2v) is 46.8. The number of hydrogen-bond acceptors (Lipinski definition) is 0. The molecule has 2 aromatic carbocycles. The quantitative estimate of drug-likeness (QED) is 0.247.